The summed E-state index contributed by atoms with van der Waals surface area (Å²) in [5.74, 6) is 2.25. The summed E-state index contributed by atoms with van der Waals surface area (Å²) < 4.78 is 6.01. The Bertz CT molecular complexity index is 691. The number of aromatic nitrogens is 1. The minimum Gasteiger partial charge on any atom is -0.374 e. The monoisotopic (exact) mass is 316 g/mol. The van der Waals surface area contributed by atoms with E-state index in [1.165, 1.54) is 5.75 Å². The molecule has 4 rings (SSSR count). The molecule has 1 amide bonds. The highest BCUT2D eigenvalue weighted by Gasteiger charge is 2.40. The van der Waals surface area contributed by atoms with Crippen LogP contribution in [0, 0.1) is 0 Å². The van der Waals surface area contributed by atoms with Gasteiger partial charge in [0.05, 0.1) is 5.60 Å². The van der Waals surface area contributed by atoms with Crippen LogP contribution in [0.15, 0.2) is 30.5 Å². The van der Waals surface area contributed by atoms with Crippen LogP contribution in [0.25, 0.3) is 10.9 Å². The van der Waals surface area contributed by atoms with Crippen LogP contribution in [0.5, 0.6) is 0 Å². The molecule has 2 atom stereocenters. The maximum absolute atomic E-state index is 12.5. The van der Waals surface area contributed by atoms with Gasteiger partial charge in [0.25, 0.3) is 5.91 Å². The molecule has 2 aromatic rings. The number of ether oxygens (including phenoxy) is 1. The number of rotatable bonds is 2. The lowest BCUT2D eigenvalue weighted by molar-refractivity contribution is -0.0688. The molecule has 2 aliphatic rings. The van der Waals surface area contributed by atoms with Crippen LogP contribution in [0.4, 0.5) is 0 Å². The standard InChI is InChI=1S/C17H20N2O2S/c20-16(13-2-1-12-3-6-18-15(12)9-13)19-14-4-7-21-17(10-14)5-8-22-11-17/h1-3,6,9,14,18H,4-5,7-8,10-11H2,(H,19,20)/t14-,17-/m1/s1. The summed E-state index contributed by atoms with van der Waals surface area (Å²) in [4.78, 5) is 15.7. The van der Waals surface area contributed by atoms with Crippen molar-refractivity contribution in [3.05, 3.63) is 36.0 Å². The minimum atomic E-state index is 0.00424. The highest BCUT2D eigenvalue weighted by Crippen LogP contribution is 2.38. The third-order valence-electron chi connectivity index (χ3n) is 4.71. The molecule has 4 nitrogen and oxygen atoms in total. The normalized spacial score (nSPS) is 28.3. The lowest BCUT2D eigenvalue weighted by atomic mass is 9.89. The molecule has 22 heavy (non-hydrogen) atoms. The van der Waals surface area contributed by atoms with Crippen molar-refractivity contribution in [1.29, 1.82) is 0 Å². The Balaban J connectivity index is 1.46. The first-order valence-corrected chi connectivity index (χ1v) is 8.99. The van der Waals surface area contributed by atoms with E-state index in [0.717, 1.165) is 48.1 Å². The fourth-order valence-corrected chi connectivity index (χ4v) is 4.85. The summed E-state index contributed by atoms with van der Waals surface area (Å²) in [7, 11) is 0. The van der Waals surface area contributed by atoms with Gasteiger partial charge in [-0.3, -0.25) is 4.79 Å². The van der Waals surface area contributed by atoms with E-state index in [0.29, 0.717) is 0 Å². The quantitative estimate of drug-likeness (QED) is 0.895. The van der Waals surface area contributed by atoms with E-state index in [4.69, 9.17) is 4.74 Å². The first kappa shape index (κ1) is 14.2. The molecule has 5 heteroatoms. The van der Waals surface area contributed by atoms with Crippen molar-refractivity contribution in [2.45, 2.75) is 30.9 Å². The van der Waals surface area contributed by atoms with Crippen LogP contribution < -0.4 is 5.32 Å². The highest BCUT2D eigenvalue weighted by molar-refractivity contribution is 7.99. The molecule has 3 heterocycles. The van der Waals surface area contributed by atoms with Gasteiger partial charge in [0.2, 0.25) is 0 Å². The summed E-state index contributed by atoms with van der Waals surface area (Å²) in [6, 6.07) is 8.04. The molecule has 2 N–H and O–H groups in total. The number of carbonyl (C=O) groups excluding carboxylic acids is 1. The molecular formula is C17H20N2O2S. The lowest BCUT2D eigenvalue weighted by Crippen LogP contribution is -2.48. The Kier molecular flexibility index (Phi) is 3.62. The highest BCUT2D eigenvalue weighted by atomic mass is 32.2. The molecule has 1 aromatic carbocycles. The van der Waals surface area contributed by atoms with Gasteiger partial charge >= 0.3 is 0 Å². The van der Waals surface area contributed by atoms with Crippen molar-refractivity contribution in [3.63, 3.8) is 0 Å². The largest absolute Gasteiger partial charge is 0.374 e. The summed E-state index contributed by atoms with van der Waals surface area (Å²) >= 11 is 1.96. The second kappa shape index (κ2) is 5.63. The van der Waals surface area contributed by atoms with E-state index in [-0.39, 0.29) is 17.6 Å². The SMILES string of the molecule is O=C(N[C@@H]1CCO[C@]2(CCSC2)C1)c1ccc2cc[nH]c2c1. The molecule has 0 bridgehead atoms. The Labute approximate surface area is 134 Å². The minimum absolute atomic E-state index is 0.00424. The third kappa shape index (κ3) is 2.63. The van der Waals surface area contributed by atoms with E-state index in [1.807, 2.05) is 42.2 Å². The molecule has 0 aliphatic carbocycles. The van der Waals surface area contributed by atoms with Crippen molar-refractivity contribution in [2.75, 3.05) is 18.1 Å². The Hall–Kier alpha value is -1.46. The van der Waals surface area contributed by atoms with Crippen LogP contribution in [-0.4, -0.2) is 40.6 Å². The number of carbonyl (C=O) groups is 1. The molecule has 1 aromatic heterocycles. The summed E-state index contributed by atoms with van der Waals surface area (Å²) in [6.45, 7) is 0.751. The molecule has 2 fully saturated rings. The number of amides is 1. The number of aromatic amines is 1. The van der Waals surface area contributed by atoms with Crippen LogP contribution >= 0.6 is 11.8 Å². The fourth-order valence-electron chi connectivity index (χ4n) is 3.47. The van der Waals surface area contributed by atoms with Crippen LogP contribution in [-0.2, 0) is 4.74 Å². The molecular weight excluding hydrogens is 296 g/mol. The van der Waals surface area contributed by atoms with Gasteiger partial charge in [-0.15, -0.1) is 0 Å². The molecule has 1 spiro atoms. The van der Waals surface area contributed by atoms with Gasteiger partial charge < -0.3 is 15.0 Å². The molecule has 116 valence electrons. The first-order valence-electron chi connectivity index (χ1n) is 7.84. The summed E-state index contributed by atoms with van der Waals surface area (Å²) in [6.07, 6.45) is 4.85. The number of fused-ring (bicyclic) bond motifs is 1. The van der Waals surface area contributed by atoms with Crippen molar-refractivity contribution in [3.8, 4) is 0 Å². The van der Waals surface area contributed by atoms with Gasteiger partial charge in [0.1, 0.15) is 0 Å². The average Bonchev–Trinajstić information content (AvgIpc) is 3.16. The maximum Gasteiger partial charge on any atom is 0.251 e. The topological polar surface area (TPSA) is 54.1 Å². The van der Waals surface area contributed by atoms with E-state index in [1.54, 1.807) is 0 Å². The van der Waals surface area contributed by atoms with Crippen molar-refractivity contribution in [1.82, 2.24) is 10.3 Å². The van der Waals surface area contributed by atoms with E-state index in [2.05, 4.69) is 10.3 Å². The smallest absolute Gasteiger partial charge is 0.251 e. The predicted molar refractivity (Wildman–Crippen MR) is 89.4 cm³/mol. The number of hydrogen-bond donors (Lipinski definition) is 2. The number of nitrogens with one attached hydrogen (secondary N) is 2. The van der Waals surface area contributed by atoms with Gasteiger partial charge in [0.15, 0.2) is 0 Å². The van der Waals surface area contributed by atoms with Crippen LogP contribution in [0.3, 0.4) is 0 Å². The van der Waals surface area contributed by atoms with Gasteiger partial charge in [-0.2, -0.15) is 11.8 Å². The van der Waals surface area contributed by atoms with Crippen molar-refractivity contribution in [2.24, 2.45) is 0 Å². The zero-order valence-corrected chi connectivity index (χ0v) is 13.2. The molecule has 0 saturated carbocycles. The second-order valence-electron chi connectivity index (χ2n) is 6.28. The summed E-state index contributed by atoms with van der Waals surface area (Å²) in [5.41, 5.74) is 1.73. The average molecular weight is 316 g/mol. The maximum atomic E-state index is 12.5. The first-order chi connectivity index (χ1) is 10.7. The summed E-state index contributed by atoms with van der Waals surface area (Å²) in [5, 5.41) is 4.33. The van der Waals surface area contributed by atoms with E-state index >= 15 is 0 Å². The van der Waals surface area contributed by atoms with Crippen LogP contribution in [0.1, 0.15) is 29.6 Å². The molecule has 0 radical (unpaired) electrons. The van der Waals surface area contributed by atoms with Crippen molar-refractivity contribution >= 4 is 28.6 Å². The van der Waals surface area contributed by atoms with Crippen molar-refractivity contribution < 1.29 is 9.53 Å². The fraction of sp³-hybridized carbons (Fsp3) is 0.471. The van der Waals surface area contributed by atoms with Gasteiger partial charge in [-0.05, 0) is 48.6 Å². The Morgan fingerprint density at radius 1 is 1.41 bits per heavy atom. The third-order valence-corrected chi connectivity index (χ3v) is 5.94. The molecule has 0 unspecified atom stereocenters. The molecule has 2 saturated heterocycles. The Morgan fingerprint density at radius 3 is 3.23 bits per heavy atom. The zero-order chi connectivity index (χ0) is 15.0. The van der Waals surface area contributed by atoms with Gasteiger partial charge in [0, 0.05) is 35.7 Å². The molecule has 2 aliphatic heterocycles. The van der Waals surface area contributed by atoms with Crippen LogP contribution in [0.2, 0.25) is 0 Å². The van der Waals surface area contributed by atoms with E-state index in [9.17, 15) is 4.79 Å². The zero-order valence-electron chi connectivity index (χ0n) is 12.4. The number of H-pyrrole nitrogens is 1. The number of thioether (sulfide) groups is 1. The number of benzene rings is 1. The van der Waals surface area contributed by atoms with E-state index < -0.39 is 0 Å². The Morgan fingerprint density at radius 2 is 2.36 bits per heavy atom. The van der Waals surface area contributed by atoms with Gasteiger partial charge in [-0.1, -0.05) is 6.07 Å². The van der Waals surface area contributed by atoms with Gasteiger partial charge in [-0.25, -0.2) is 0 Å². The lowest BCUT2D eigenvalue weighted by Gasteiger charge is -2.38. The predicted octanol–water partition coefficient (Wildman–Crippen LogP) is 2.95. The number of hydrogen-bond acceptors (Lipinski definition) is 3. The second-order valence-corrected chi connectivity index (χ2v) is 7.38.